The molecule has 7 nitrogen and oxygen atoms in total. The number of likely N-dealkylation sites (tertiary alicyclic amines) is 1. The summed E-state index contributed by atoms with van der Waals surface area (Å²) in [5, 5.41) is 4.94. The number of ether oxygens (including phenoxy) is 1. The molecule has 1 aromatic carbocycles. The van der Waals surface area contributed by atoms with Crippen molar-refractivity contribution < 1.29 is 4.74 Å². The van der Waals surface area contributed by atoms with Crippen molar-refractivity contribution in [2.75, 3.05) is 32.8 Å². The largest absolute Gasteiger partial charge is 0.381 e. The first-order chi connectivity index (χ1) is 13.8. The Kier molecular flexibility index (Phi) is 4.78. The molecular weight excluding hydrogens is 352 g/mol. The molecule has 0 radical (unpaired) electrons. The second-order valence-corrected chi connectivity index (χ2v) is 7.72. The van der Waals surface area contributed by atoms with Gasteiger partial charge in [0, 0.05) is 31.6 Å². The van der Waals surface area contributed by atoms with Crippen molar-refractivity contribution in [2.24, 2.45) is 0 Å². The SMILES string of the molecule is CCN1CCC(c2nc(C3CCOCC3)nn2-c2cnc3ccccc3n2)C1. The second kappa shape index (κ2) is 7.56. The van der Waals surface area contributed by atoms with E-state index in [-0.39, 0.29) is 0 Å². The molecule has 2 fully saturated rings. The lowest BCUT2D eigenvalue weighted by atomic mass is 10.00. The number of hydrogen-bond donors (Lipinski definition) is 0. The first-order valence-corrected chi connectivity index (χ1v) is 10.3. The van der Waals surface area contributed by atoms with Crippen LogP contribution in [0.1, 0.15) is 49.7 Å². The van der Waals surface area contributed by atoms with E-state index in [1.807, 2.05) is 35.1 Å². The van der Waals surface area contributed by atoms with Gasteiger partial charge < -0.3 is 9.64 Å². The van der Waals surface area contributed by atoms with Crippen LogP contribution in [-0.2, 0) is 4.74 Å². The molecule has 3 aromatic rings. The number of likely N-dealkylation sites (N-methyl/N-ethyl adjacent to an activating group) is 1. The molecule has 4 heterocycles. The standard InChI is InChI=1S/C21H26N6O/c1-2-26-10-7-16(14-26)21-24-20(15-8-11-28-12-9-15)25-27(21)19-13-22-17-5-3-4-6-18(17)23-19/h3-6,13,15-16H,2,7-12,14H2,1H3. The Hall–Kier alpha value is -2.38. The monoisotopic (exact) mass is 378 g/mol. The normalized spacial score (nSPS) is 21.5. The van der Waals surface area contributed by atoms with Crippen LogP contribution in [0.3, 0.4) is 0 Å². The van der Waals surface area contributed by atoms with Gasteiger partial charge in [0.25, 0.3) is 0 Å². The van der Waals surface area contributed by atoms with E-state index in [9.17, 15) is 0 Å². The zero-order valence-electron chi connectivity index (χ0n) is 16.3. The predicted octanol–water partition coefficient (Wildman–Crippen LogP) is 2.91. The molecule has 0 N–H and O–H groups in total. The molecule has 2 saturated heterocycles. The van der Waals surface area contributed by atoms with Crippen LogP contribution in [0, 0.1) is 0 Å². The van der Waals surface area contributed by atoms with E-state index < -0.39 is 0 Å². The van der Waals surface area contributed by atoms with Gasteiger partial charge in [-0.3, -0.25) is 4.98 Å². The van der Waals surface area contributed by atoms with Gasteiger partial charge in [0.1, 0.15) is 5.82 Å². The molecule has 0 aliphatic carbocycles. The predicted molar refractivity (Wildman–Crippen MR) is 107 cm³/mol. The van der Waals surface area contributed by atoms with E-state index in [0.29, 0.717) is 11.8 Å². The molecule has 2 aliphatic rings. The maximum Gasteiger partial charge on any atom is 0.174 e. The number of nitrogens with zero attached hydrogens (tertiary/aromatic N) is 6. The molecule has 5 rings (SSSR count). The van der Waals surface area contributed by atoms with Gasteiger partial charge in [0.05, 0.1) is 17.2 Å². The van der Waals surface area contributed by atoms with Gasteiger partial charge in [-0.05, 0) is 44.5 Å². The Balaban J connectivity index is 1.56. The van der Waals surface area contributed by atoms with E-state index in [1.54, 1.807) is 0 Å². The summed E-state index contributed by atoms with van der Waals surface area (Å²) in [4.78, 5) is 17.0. The van der Waals surface area contributed by atoms with E-state index in [4.69, 9.17) is 19.8 Å². The third-order valence-electron chi connectivity index (χ3n) is 5.97. The molecule has 0 amide bonds. The Labute approximate surface area is 164 Å². The zero-order chi connectivity index (χ0) is 18.9. The first-order valence-electron chi connectivity index (χ1n) is 10.3. The van der Waals surface area contributed by atoms with Crippen LogP contribution < -0.4 is 0 Å². The summed E-state index contributed by atoms with van der Waals surface area (Å²) in [7, 11) is 0. The quantitative estimate of drug-likeness (QED) is 0.695. The van der Waals surface area contributed by atoms with Gasteiger partial charge in [0.2, 0.25) is 0 Å². The Morgan fingerprint density at radius 2 is 1.86 bits per heavy atom. The van der Waals surface area contributed by atoms with Crippen molar-refractivity contribution in [3.63, 3.8) is 0 Å². The third-order valence-corrected chi connectivity index (χ3v) is 5.97. The summed E-state index contributed by atoms with van der Waals surface area (Å²) in [6, 6.07) is 7.96. The summed E-state index contributed by atoms with van der Waals surface area (Å²) in [6.07, 6.45) is 4.90. The summed E-state index contributed by atoms with van der Waals surface area (Å²) in [5.41, 5.74) is 1.78. The van der Waals surface area contributed by atoms with Gasteiger partial charge in [-0.1, -0.05) is 19.1 Å². The molecule has 0 spiro atoms. The third kappa shape index (κ3) is 3.29. The second-order valence-electron chi connectivity index (χ2n) is 7.72. The van der Waals surface area contributed by atoms with Crippen LogP contribution in [0.25, 0.3) is 16.9 Å². The van der Waals surface area contributed by atoms with E-state index >= 15 is 0 Å². The van der Waals surface area contributed by atoms with Crippen LogP contribution in [0.2, 0.25) is 0 Å². The molecular formula is C21H26N6O. The minimum Gasteiger partial charge on any atom is -0.381 e. The fourth-order valence-corrected chi connectivity index (χ4v) is 4.28. The number of para-hydroxylation sites is 2. The highest BCUT2D eigenvalue weighted by atomic mass is 16.5. The fourth-order valence-electron chi connectivity index (χ4n) is 4.28. The number of aromatic nitrogens is 5. The van der Waals surface area contributed by atoms with Gasteiger partial charge >= 0.3 is 0 Å². The van der Waals surface area contributed by atoms with Crippen molar-refractivity contribution in [1.82, 2.24) is 29.6 Å². The first kappa shape index (κ1) is 17.7. The molecule has 2 aliphatic heterocycles. The number of fused-ring (bicyclic) bond motifs is 1. The Morgan fingerprint density at radius 1 is 1.04 bits per heavy atom. The van der Waals surface area contributed by atoms with Crippen LogP contribution in [0.5, 0.6) is 0 Å². The lowest BCUT2D eigenvalue weighted by Crippen LogP contribution is -2.20. The average Bonchev–Trinajstić information content (AvgIpc) is 3.41. The highest BCUT2D eigenvalue weighted by Crippen LogP contribution is 2.31. The summed E-state index contributed by atoms with van der Waals surface area (Å²) in [6.45, 7) is 7.02. The molecule has 28 heavy (non-hydrogen) atoms. The van der Waals surface area contributed by atoms with Crippen molar-refractivity contribution in [1.29, 1.82) is 0 Å². The van der Waals surface area contributed by atoms with Crippen molar-refractivity contribution in [2.45, 2.75) is 38.0 Å². The molecule has 0 bridgehead atoms. The van der Waals surface area contributed by atoms with Crippen LogP contribution in [0.15, 0.2) is 30.5 Å². The van der Waals surface area contributed by atoms with E-state index in [1.165, 1.54) is 0 Å². The number of benzene rings is 1. The average molecular weight is 378 g/mol. The molecule has 2 aromatic heterocycles. The minimum atomic E-state index is 0.367. The van der Waals surface area contributed by atoms with E-state index in [0.717, 1.165) is 80.6 Å². The molecule has 146 valence electrons. The Morgan fingerprint density at radius 3 is 2.64 bits per heavy atom. The Bertz CT molecular complexity index is 964. The molecule has 1 unspecified atom stereocenters. The summed E-state index contributed by atoms with van der Waals surface area (Å²) < 4.78 is 7.48. The molecule has 1 atom stereocenters. The highest BCUT2D eigenvalue weighted by molar-refractivity contribution is 5.74. The zero-order valence-corrected chi connectivity index (χ0v) is 16.3. The van der Waals surface area contributed by atoms with Crippen molar-refractivity contribution in [3.8, 4) is 5.82 Å². The topological polar surface area (TPSA) is 69.0 Å². The van der Waals surface area contributed by atoms with Gasteiger partial charge in [0.15, 0.2) is 11.6 Å². The maximum atomic E-state index is 5.53. The van der Waals surface area contributed by atoms with Crippen LogP contribution in [-0.4, -0.2) is 62.5 Å². The minimum absolute atomic E-state index is 0.367. The van der Waals surface area contributed by atoms with Gasteiger partial charge in [-0.2, -0.15) is 4.68 Å². The lowest BCUT2D eigenvalue weighted by molar-refractivity contribution is 0.0836. The van der Waals surface area contributed by atoms with Crippen LogP contribution in [0.4, 0.5) is 0 Å². The smallest absolute Gasteiger partial charge is 0.174 e. The lowest BCUT2D eigenvalue weighted by Gasteiger charge is -2.18. The summed E-state index contributed by atoms with van der Waals surface area (Å²) in [5.74, 6) is 3.47. The molecule has 7 heteroatoms. The van der Waals surface area contributed by atoms with Gasteiger partial charge in [-0.25, -0.2) is 9.97 Å². The highest BCUT2D eigenvalue weighted by Gasteiger charge is 2.30. The molecule has 0 saturated carbocycles. The number of rotatable bonds is 4. The van der Waals surface area contributed by atoms with Crippen molar-refractivity contribution in [3.05, 3.63) is 42.1 Å². The summed E-state index contributed by atoms with van der Waals surface area (Å²) >= 11 is 0. The van der Waals surface area contributed by atoms with Crippen LogP contribution >= 0.6 is 0 Å². The maximum absolute atomic E-state index is 5.53. The fraction of sp³-hybridized carbons (Fsp3) is 0.524. The van der Waals surface area contributed by atoms with Gasteiger partial charge in [-0.15, -0.1) is 5.10 Å². The van der Waals surface area contributed by atoms with E-state index in [2.05, 4.69) is 16.8 Å². The number of hydrogen-bond acceptors (Lipinski definition) is 6. The van der Waals surface area contributed by atoms with Crippen molar-refractivity contribution >= 4 is 11.0 Å².